The number of nitrogen functional groups attached to an aromatic ring is 1. The topological polar surface area (TPSA) is 135 Å². The van der Waals surface area contributed by atoms with Gasteiger partial charge >= 0.3 is 7.60 Å². The number of hydrogen-bond acceptors (Lipinski definition) is 10. The molecule has 0 aliphatic heterocycles. The van der Waals surface area contributed by atoms with Crippen molar-refractivity contribution in [3.8, 4) is 17.0 Å². The van der Waals surface area contributed by atoms with Gasteiger partial charge in [-0.2, -0.15) is 4.98 Å². The maximum Gasteiger partial charge on any atom is 0.344 e. The molecule has 4 rings (SSSR count). The molecule has 0 bridgehead atoms. The van der Waals surface area contributed by atoms with Gasteiger partial charge in [-0.15, -0.1) is 0 Å². The van der Waals surface area contributed by atoms with Gasteiger partial charge in [0.2, 0.25) is 11.8 Å². The van der Waals surface area contributed by atoms with Gasteiger partial charge in [0.1, 0.15) is 11.9 Å². The fourth-order valence-electron chi connectivity index (χ4n) is 5.47. The molecule has 0 unspecified atom stereocenters. The molecule has 0 saturated heterocycles. The Labute approximate surface area is 229 Å². The van der Waals surface area contributed by atoms with E-state index < -0.39 is 7.60 Å². The van der Waals surface area contributed by atoms with E-state index in [1.165, 1.54) is 0 Å². The lowest BCUT2D eigenvalue weighted by atomic mass is 9.89. The molecular weight excluding hydrogens is 519 g/mol. The van der Waals surface area contributed by atoms with Crippen LogP contribution in [0.25, 0.3) is 22.2 Å². The standard InChI is InChI=1S/C27H39N6O5P/c1-6-32(17-39(35,37-7-2)38-8-3)20-10-12-21(13-11-20)33-25-22(18(4)30-27(28)31-25)15-23(26(33)34)19-9-14-24(36-5)29-16-19/h9,14-16,20-21H,6-8,10-13,17H2,1-5H3,(H2,28,30,31). The number of methoxy groups -OCH3 is 1. The third kappa shape index (κ3) is 6.32. The first-order valence-corrected chi connectivity index (χ1v) is 15.3. The normalized spacial score (nSPS) is 18.1. The van der Waals surface area contributed by atoms with Crippen LogP contribution < -0.4 is 16.0 Å². The molecule has 1 aliphatic rings. The van der Waals surface area contributed by atoms with Crippen molar-refractivity contribution in [3.63, 3.8) is 0 Å². The van der Waals surface area contributed by atoms with E-state index in [2.05, 4.69) is 26.8 Å². The Morgan fingerprint density at radius 1 is 1.10 bits per heavy atom. The molecule has 0 amide bonds. The maximum atomic E-state index is 14.0. The van der Waals surface area contributed by atoms with Crippen molar-refractivity contribution in [2.45, 2.75) is 65.5 Å². The summed E-state index contributed by atoms with van der Waals surface area (Å²) in [5, 5.41) is 0.779. The first-order chi connectivity index (χ1) is 18.7. The highest BCUT2D eigenvalue weighted by molar-refractivity contribution is 7.53. The predicted molar refractivity (Wildman–Crippen MR) is 152 cm³/mol. The lowest BCUT2D eigenvalue weighted by molar-refractivity contribution is 0.141. The third-order valence-corrected chi connectivity index (χ3v) is 9.33. The third-order valence-electron chi connectivity index (χ3n) is 7.32. The summed E-state index contributed by atoms with van der Waals surface area (Å²) in [6.07, 6.45) is 5.09. The second-order valence-corrected chi connectivity index (χ2v) is 11.7. The average molecular weight is 559 g/mol. The summed E-state index contributed by atoms with van der Waals surface area (Å²) in [5.74, 6) is 0.615. The first-order valence-electron chi connectivity index (χ1n) is 13.5. The van der Waals surface area contributed by atoms with Crippen LogP contribution in [0, 0.1) is 6.92 Å². The number of aromatic nitrogens is 4. The fourth-order valence-corrected chi connectivity index (χ4v) is 7.37. The second kappa shape index (κ2) is 12.6. The van der Waals surface area contributed by atoms with Gasteiger partial charge in [0.15, 0.2) is 0 Å². The summed E-state index contributed by atoms with van der Waals surface area (Å²) in [5.41, 5.74) is 8.36. The molecule has 12 heteroatoms. The van der Waals surface area contributed by atoms with Gasteiger partial charge in [-0.1, -0.05) is 6.92 Å². The summed E-state index contributed by atoms with van der Waals surface area (Å²) < 4.78 is 31.3. The van der Waals surface area contributed by atoms with Crippen LogP contribution in [0.1, 0.15) is 58.2 Å². The number of ether oxygens (including phenoxy) is 1. The fraction of sp³-hybridized carbons (Fsp3) is 0.556. The molecule has 0 spiro atoms. The first kappa shape index (κ1) is 29.1. The van der Waals surface area contributed by atoms with E-state index in [9.17, 15) is 9.36 Å². The number of hydrogen-bond donors (Lipinski definition) is 1. The molecule has 2 N–H and O–H groups in total. The summed E-state index contributed by atoms with van der Waals surface area (Å²) >= 11 is 0. The quantitative estimate of drug-likeness (QED) is 0.328. The summed E-state index contributed by atoms with van der Waals surface area (Å²) in [6.45, 7) is 8.97. The van der Waals surface area contributed by atoms with E-state index >= 15 is 0 Å². The average Bonchev–Trinajstić information content (AvgIpc) is 2.92. The van der Waals surface area contributed by atoms with E-state index in [0.717, 1.165) is 37.6 Å². The minimum atomic E-state index is -3.20. The molecule has 0 aromatic carbocycles. The molecule has 212 valence electrons. The molecule has 1 saturated carbocycles. The number of fused-ring (bicyclic) bond motifs is 1. The Balaban J connectivity index is 1.67. The van der Waals surface area contributed by atoms with Crippen LogP contribution in [-0.4, -0.2) is 63.6 Å². The lowest BCUT2D eigenvalue weighted by Gasteiger charge is -2.38. The minimum Gasteiger partial charge on any atom is -0.481 e. The van der Waals surface area contributed by atoms with Crippen molar-refractivity contribution < 1.29 is 18.3 Å². The lowest BCUT2D eigenvalue weighted by Crippen LogP contribution is -2.40. The van der Waals surface area contributed by atoms with Crippen LogP contribution in [0.2, 0.25) is 0 Å². The van der Waals surface area contributed by atoms with Gasteiger partial charge in [-0.3, -0.25) is 18.8 Å². The highest BCUT2D eigenvalue weighted by Gasteiger charge is 2.33. The van der Waals surface area contributed by atoms with Crippen molar-refractivity contribution in [2.75, 3.05) is 38.9 Å². The summed E-state index contributed by atoms with van der Waals surface area (Å²) in [7, 11) is -1.65. The molecule has 3 aromatic rings. The Bertz CT molecular complexity index is 1380. The van der Waals surface area contributed by atoms with Crippen LogP contribution in [0.3, 0.4) is 0 Å². The maximum absolute atomic E-state index is 14.0. The highest BCUT2D eigenvalue weighted by Crippen LogP contribution is 2.49. The molecular formula is C27H39N6O5P. The zero-order chi connectivity index (χ0) is 28.2. The van der Waals surface area contributed by atoms with Crippen LogP contribution in [-0.2, 0) is 13.6 Å². The van der Waals surface area contributed by atoms with Gasteiger partial charge < -0.3 is 19.5 Å². The number of rotatable bonds is 11. The zero-order valence-corrected chi connectivity index (χ0v) is 24.3. The predicted octanol–water partition coefficient (Wildman–Crippen LogP) is 4.78. The minimum absolute atomic E-state index is 0.0691. The van der Waals surface area contributed by atoms with Gasteiger partial charge in [0.05, 0.1) is 26.0 Å². The Morgan fingerprint density at radius 2 is 1.79 bits per heavy atom. The molecule has 1 fully saturated rings. The Kier molecular flexibility index (Phi) is 9.38. The monoisotopic (exact) mass is 558 g/mol. The number of anilines is 1. The van der Waals surface area contributed by atoms with Crippen molar-refractivity contribution in [1.82, 2.24) is 24.4 Å². The van der Waals surface area contributed by atoms with E-state index in [1.807, 2.05) is 32.9 Å². The van der Waals surface area contributed by atoms with E-state index in [0.29, 0.717) is 41.6 Å². The Morgan fingerprint density at radius 3 is 2.36 bits per heavy atom. The van der Waals surface area contributed by atoms with E-state index in [1.54, 1.807) is 23.9 Å². The van der Waals surface area contributed by atoms with Crippen LogP contribution >= 0.6 is 7.60 Å². The Hall–Kier alpha value is -2.85. The summed E-state index contributed by atoms with van der Waals surface area (Å²) in [4.78, 5) is 29.3. The van der Waals surface area contributed by atoms with Gasteiger partial charge in [0, 0.05) is 40.9 Å². The van der Waals surface area contributed by atoms with Crippen LogP contribution in [0.5, 0.6) is 5.88 Å². The highest BCUT2D eigenvalue weighted by atomic mass is 31.2. The van der Waals surface area contributed by atoms with Crippen molar-refractivity contribution >= 4 is 24.6 Å². The molecule has 39 heavy (non-hydrogen) atoms. The largest absolute Gasteiger partial charge is 0.481 e. The smallest absolute Gasteiger partial charge is 0.344 e. The number of nitrogens with zero attached hydrogens (tertiary/aromatic N) is 5. The zero-order valence-electron chi connectivity index (χ0n) is 23.4. The molecule has 0 radical (unpaired) electrons. The SMILES string of the molecule is CCOP(=O)(CN(CC)C1CCC(n2c(=O)c(-c3ccc(OC)nc3)cc3c(C)nc(N)nc32)CC1)OCC. The number of pyridine rings is 2. The van der Waals surface area contributed by atoms with Crippen molar-refractivity contribution in [3.05, 3.63) is 40.4 Å². The van der Waals surface area contributed by atoms with Crippen LogP contribution in [0.4, 0.5) is 5.95 Å². The van der Waals surface area contributed by atoms with E-state index in [-0.39, 0.29) is 29.9 Å². The molecule has 11 nitrogen and oxygen atoms in total. The van der Waals surface area contributed by atoms with Gasteiger partial charge in [0.25, 0.3) is 5.56 Å². The summed E-state index contributed by atoms with van der Waals surface area (Å²) in [6, 6.07) is 5.54. The van der Waals surface area contributed by atoms with Gasteiger partial charge in [-0.25, -0.2) is 9.97 Å². The van der Waals surface area contributed by atoms with Crippen LogP contribution in [0.15, 0.2) is 29.2 Å². The van der Waals surface area contributed by atoms with Crippen molar-refractivity contribution in [2.24, 2.45) is 0 Å². The van der Waals surface area contributed by atoms with Crippen molar-refractivity contribution in [1.29, 1.82) is 0 Å². The second-order valence-electron chi connectivity index (χ2n) is 9.68. The van der Waals surface area contributed by atoms with Gasteiger partial charge in [-0.05, 0) is 65.1 Å². The number of aryl methyl sites for hydroxylation is 1. The number of nitrogens with two attached hydrogens (primary N) is 1. The molecule has 1 aliphatic carbocycles. The van der Waals surface area contributed by atoms with E-state index in [4.69, 9.17) is 19.5 Å². The molecule has 3 heterocycles. The molecule has 0 atom stereocenters. The molecule has 3 aromatic heterocycles.